The molecule has 3 aromatic carbocycles. The quantitative estimate of drug-likeness (QED) is 0.130. The van der Waals surface area contributed by atoms with Crippen LogP contribution in [0.2, 0.25) is 0 Å². The van der Waals surface area contributed by atoms with Crippen LogP contribution in [0.25, 0.3) is 10.8 Å². The molecule has 0 saturated carbocycles. The highest BCUT2D eigenvalue weighted by atomic mass is 16.5. The van der Waals surface area contributed by atoms with Gasteiger partial charge in [-0.25, -0.2) is 0 Å². The molecule has 0 fully saturated rings. The summed E-state index contributed by atoms with van der Waals surface area (Å²) in [7, 11) is 1.57. The lowest BCUT2D eigenvalue weighted by Gasteiger charge is -2.38. The number of rotatable bonds is 8. The van der Waals surface area contributed by atoms with Gasteiger partial charge in [0, 0.05) is 80.9 Å². The van der Waals surface area contributed by atoms with Crippen molar-refractivity contribution in [1.82, 2.24) is 14.9 Å². The smallest absolute Gasteiger partial charge is 0.302 e. The van der Waals surface area contributed by atoms with E-state index in [1.807, 2.05) is 24.3 Å². The summed E-state index contributed by atoms with van der Waals surface area (Å²) >= 11 is 0. The Labute approximate surface area is 375 Å². The lowest BCUT2D eigenvalue weighted by molar-refractivity contribution is -0.148. The maximum absolute atomic E-state index is 14.6. The number of nitrogens with one attached hydrogen (secondary N) is 2. The number of aromatic hydroxyl groups is 1. The minimum atomic E-state index is -0.613. The van der Waals surface area contributed by atoms with Crippen molar-refractivity contribution < 1.29 is 33.7 Å². The fraction of sp³-hybridized carbons (Fsp3) is 0.340. The van der Waals surface area contributed by atoms with Crippen LogP contribution in [0.1, 0.15) is 82.0 Å². The Morgan fingerprint density at radius 1 is 0.953 bits per heavy atom. The topological polar surface area (TPSA) is 135 Å². The first-order valence-electron chi connectivity index (χ1n) is 22.3. The average molecular weight is 863 g/mol. The average Bonchev–Trinajstić information content (AvgIpc) is 3.92. The van der Waals surface area contributed by atoms with Crippen LogP contribution in [0.5, 0.6) is 23.0 Å². The first-order chi connectivity index (χ1) is 31.0. The van der Waals surface area contributed by atoms with Gasteiger partial charge in [0.2, 0.25) is 0 Å². The van der Waals surface area contributed by atoms with Gasteiger partial charge in [-0.3, -0.25) is 14.4 Å². The predicted octanol–water partition coefficient (Wildman–Crippen LogP) is 10.2. The number of fused-ring (bicyclic) bond motifs is 3. The number of aryl methyl sites for hydroxylation is 1. The van der Waals surface area contributed by atoms with Gasteiger partial charge in [0.15, 0.2) is 11.5 Å². The molecule has 1 aliphatic carbocycles. The van der Waals surface area contributed by atoms with Crippen LogP contribution < -0.4 is 19.7 Å². The largest absolute Gasteiger partial charge is 0.508 e. The molecule has 2 aliphatic heterocycles. The zero-order chi connectivity index (χ0) is 44.8. The first-order valence-corrected chi connectivity index (χ1v) is 22.3. The number of hydrogen-bond donors (Lipinski definition) is 3. The summed E-state index contributed by atoms with van der Waals surface area (Å²) in [5, 5.41) is 15.6. The van der Waals surface area contributed by atoms with E-state index in [4.69, 9.17) is 14.2 Å². The van der Waals surface area contributed by atoms with Crippen molar-refractivity contribution in [2.75, 3.05) is 25.1 Å². The summed E-state index contributed by atoms with van der Waals surface area (Å²) in [5.74, 6) is 2.21. The number of H-pyrrole nitrogens is 1. The highest BCUT2D eigenvalue weighted by molar-refractivity contribution is 5.95. The maximum Gasteiger partial charge on any atom is 0.302 e. The molecule has 11 heteroatoms. The van der Waals surface area contributed by atoms with E-state index in [2.05, 4.69) is 100 Å². The molecule has 4 bridgehead atoms. The SMILES string of the molecule is COc1cc(C2CC(=O)CC(OC(C)=O)CCC3(C=CC=CC3C)Cc3c[nH]cc3CCC3=CCNC(=C3)N(CCC(C)=O)c3cccc4cn2cc34)ccc1Oc1cccc(O)c1. The van der Waals surface area contributed by atoms with E-state index in [0.717, 1.165) is 53.5 Å². The third-order valence-corrected chi connectivity index (χ3v) is 13.0. The van der Waals surface area contributed by atoms with Crippen molar-refractivity contribution in [1.29, 1.82) is 0 Å². The number of methoxy groups -OCH3 is 1. The fourth-order valence-electron chi connectivity index (χ4n) is 9.51. The number of aromatic amines is 1. The van der Waals surface area contributed by atoms with Crippen molar-refractivity contribution >= 4 is 34.0 Å². The van der Waals surface area contributed by atoms with E-state index in [9.17, 15) is 19.5 Å². The van der Waals surface area contributed by atoms with Gasteiger partial charge in [0.25, 0.3) is 0 Å². The molecule has 3 aliphatic rings. The van der Waals surface area contributed by atoms with E-state index < -0.39 is 18.1 Å². The second kappa shape index (κ2) is 19.3. The monoisotopic (exact) mass is 862 g/mol. The molecule has 4 unspecified atom stereocenters. The lowest BCUT2D eigenvalue weighted by Crippen LogP contribution is -2.35. The summed E-state index contributed by atoms with van der Waals surface area (Å²) in [5.41, 5.74) is 5.24. The normalized spacial score (nSPS) is 21.7. The van der Waals surface area contributed by atoms with E-state index >= 15 is 0 Å². The van der Waals surface area contributed by atoms with Crippen molar-refractivity contribution in [2.45, 2.75) is 84.3 Å². The Bertz CT molecular complexity index is 2650. The number of nitrogens with zero attached hydrogens (tertiary/aromatic N) is 2. The molecular weight excluding hydrogens is 805 g/mol. The summed E-state index contributed by atoms with van der Waals surface area (Å²) in [6.45, 7) is 6.42. The Kier molecular flexibility index (Phi) is 13.3. The van der Waals surface area contributed by atoms with Gasteiger partial charge in [-0.1, -0.05) is 61.6 Å². The van der Waals surface area contributed by atoms with E-state index in [1.165, 1.54) is 29.7 Å². The van der Waals surface area contributed by atoms with Gasteiger partial charge < -0.3 is 39.1 Å². The number of phenols is 1. The summed E-state index contributed by atoms with van der Waals surface area (Å²) < 4.78 is 20.1. The number of ketones is 2. The van der Waals surface area contributed by atoms with Crippen LogP contribution >= 0.6 is 0 Å². The number of carbonyl (C=O) groups is 3. The summed E-state index contributed by atoms with van der Waals surface area (Å²) in [6.07, 6.45) is 25.3. The molecule has 11 nitrogen and oxygen atoms in total. The minimum Gasteiger partial charge on any atom is -0.508 e. The van der Waals surface area contributed by atoms with Gasteiger partial charge in [-0.05, 0) is 109 Å². The van der Waals surface area contributed by atoms with Crippen LogP contribution in [0, 0.1) is 11.3 Å². The number of allylic oxidation sites excluding steroid dienone is 6. The molecule has 0 radical (unpaired) electrons. The lowest BCUT2D eigenvalue weighted by atomic mass is 9.66. The van der Waals surface area contributed by atoms with Gasteiger partial charge >= 0.3 is 5.97 Å². The molecule has 0 amide bonds. The number of aromatic nitrogens is 2. The number of ether oxygens (including phenoxy) is 3. The Hall–Kier alpha value is -6.75. The molecule has 8 rings (SSSR count). The number of phenolic OH excluding ortho intramolecular Hbond substituents is 1. The maximum atomic E-state index is 14.6. The Balaban J connectivity index is 1.23. The standard InChI is InChI=1S/C53H58N4O7/c1-35-9-5-6-21-53(35)22-18-46(63-37(3)59)28-44(61)29-49(39-16-17-50(51(26-39)62-4)64-45-12-8-11-43(60)27-45)56-33-41-10-7-13-48(47(41)34-56)57(24-20-36(2)58)52-25-38(19-23-55-52)14-15-40-31-54-32-42(40)30-53/h5-13,16-17,19,21,25-27,31-35,46,49,54-55,60H,14-15,18,20,22-24,28-30H2,1-4H3. The molecule has 5 aromatic rings. The molecule has 4 atom stereocenters. The van der Waals surface area contributed by atoms with E-state index in [0.29, 0.717) is 43.2 Å². The molecule has 4 heterocycles. The minimum absolute atomic E-state index is 0.0489. The number of anilines is 1. The highest BCUT2D eigenvalue weighted by Crippen LogP contribution is 2.44. The Morgan fingerprint density at radius 3 is 2.59 bits per heavy atom. The molecule has 2 aromatic heterocycles. The van der Waals surface area contributed by atoms with Crippen molar-refractivity contribution in [3.8, 4) is 23.0 Å². The second-order valence-corrected chi connectivity index (χ2v) is 17.5. The van der Waals surface area contributed by atoms with Crippen LogP contribution in [0.4, 0.5) is 5.69 Å². The molecule has 0 saturated heterocycles. The number of dihydropyridines is 1. The Morgan fingerprint density at radius 2 is 1.80 bits per heavy atom. The van der Waals surface area contributed by atoms with Crippen LogP contribution in [0.15, 0.2) is 133 Å². The highest BCUT2D eigenvalue weighted by Gasteiger charge is 2.36. The zero-order valence-corrected chi connectivity index (χ0v) is 37.1. The number of benzene rings is 3. The van der Waals surface area contributed by atoms with E-state index in [1.54, 1.807) is 32.2 Å². The third-order valence-electron chi connectivity index (χ3n) is 13.0. The summed E-state index contributed by atoms with van der Waals surface area (Å²) in [4.78, 5) is 45.4. The van der Waals surface area contributed by atoms with E-state index in [-0.39, 0.29) is 41.5 Å². The molecule has 1 spiro atoms. The fourth-order valence-corrected chi connectivity index (χ4v) is 9.51. The number of Topliss-reactive ketones (excluding diaryl/α,β-unsaturated/α-hetero) is 2. The van der Waals surface area contributed by atoms with Crippen molar-refractivity contribution in [3.63, 3.8) is 0 Å². The molecule has 64 heavy (non-hydrogen) atoms. The zero-order valence-electron chi connectivity index (χ0n) is 37.1. The van der Waals surface area contributed by atoms with Crippen molar-refractivity contribution in [3.05, 3.63) is 150 Å². The molecule has 3 N–H and O–H groups in total. The van der Waals surface area contributed by atoms with Crippen molar-refractivity contribution in [2.24, 2.45) is 11.3 Å². The molecular formula is C53H58N4O7. The number of esters is 1. The van der Waals surface area contributed by atoms with Crippen LogP contribution in [0.3, 0.4) is 0 Å². The predicted molar refractivity (Wildman–Crippen MR) is 250 cm³/mol. The van der Waals surface area contributed by atoms with Gasteiger partial charge in [-0.15, -0.1) is 0 Å². The van der Waals surface area contributed by atoms with Crippen LogP contribution in [-0.2, 0) is 32.0 Å². The van der Waals surface area contributed by atoms with Gasteiger partial charge in [0.05, 0.1) is 18.8 Å². The second-order valence-electron chi connectivity index (χ2n) is 17.5. The third kappa shape index (κ3) is 10.0. The number of hydrogen-bond acceptors (Lipinski definition) is 9. The first kappa shape index (κ1) is 43.9. The van der Waals surface area contributed by atoms with Crippen LogP contribution in [-0.4, -0.2) is 58.5 Å². The van der Waals surface area contributed by atoms with Gasteiger partial charge in [-0.2, -0.15) is 0 Å². The summed E-state index contributed by atoms with van der Waals surface area (Å²) in [6, 6.07) is 17.9. The molecule has 332 valence electrons. The number of carbonyl (C=O) groups excluding carboxylic acids is 3. The van der Waals surface area contributed by atoms with Gasteiger partial charge in [0.1, 0.15) is 35.0 Å².